The van der Waals surface area contributed by atoms with E-state index in [1.807, 2.05) is 0 Å². The highest BCUT2D eigenvalue weighted by Gasteiger charge is 2.30. The van der Waals surface area contributed by atoms with Crippen LogP contribution in [-0.2, 0) is 6.18 Å². The molecule has 0 unspecified atom stereocenters. The summed E-state index contributed by atoms with van der Waals surface area (Å²) in [5.74, 6) is -1.02. The van der Waals surface area contributed by atoms with E-state index in [1.54, 1.807) is 12.1 Å². The van der Waals surface area contributed by atoms with Crippen molar-refractivity contribution in [1.29, 1.82) is 0 Å². The monoisotopic (exact) mass is 350 g/mol. The van der Waals surface area contributed by atoms with Gasteiger partial charge in [0, 0.05) is 11.1 Å². The van der Waals surface area contributed by atoms with Gasteiger partial charge in [0.25, 0.3) is 0 Å². The Kier molecular flexibility index (Phi) is 4.06. The van der Waals surface area contributed by atoms with Gasteiger partial charge in [0.15, 0.2) is 0 Å². The van der Waals surface area contributed by atoms with Gasteiger partial charge in [-0.1, -0.05) is 35.6 Å². The predicted molar refractivity (Wildman–Crippen MR) is 82.7 cm³/mol. The normalized spacial score (nSPS) is 11.5. The second kappa shape index (κ2) is 6.04. The Morgan fingerprint density at radius 2 is 1.33 bits per heavy atom. The number of carboxylic acids is 1. The van der Waals surface area contributed by atoms with Crippen LogP contribution in [-0.4, -0.2) is 21.3 Å². The Morgan fingerprint density at radius 1 is 0.875 bits per heavy atom. The Balaban J connectivity index is 1.86. The molecule has 0 saturated heterocycles. The predicted octanol–water partition coefficient (Wildman–Crippen LogP) is 4.59. The molecular formula is C16H9F3N2O2S. The lowest BCUT2D eigenvalue weighted by molar-refractivity contribution is -0.137. The van der Waals surface area contributed by atoms with Crippen molar-refractivity contribution < 1.29 is 23.1 Å². The van der Waals surface area contributed by atoms with Crippen molar-refractivity contribution in [1.82, 2.24) is 10.2 Å². The molecule has 3 aromatic rings. The fourth-order valence-electron chi connectivity index (χ4n) is 2.01. The summed E-state index contributed by atoms with van der Waals surface area (Å²) >= 11 is 1.22. The lowest BCUT2D eigenvalue weighted by atomic mass is 10.1. The van der Waals surface area contributed by atoms with Crippen molar-refractivity contribution in [3.8, 4) is 21.1 Å². The van der Waals surface area contributed by atoms with Gasteiger partial charge in [0.1, 0.15) is 10.0 Å². The number of hydrogen-bond acceptors (Lipinski definition) is 4. The number of aromatic nitrogens is 2. The largest absolute Gasteiger partial charge is 0.478 e. The molecule has 122 valence electrons. The summed E-state index contributed by atoms with van der Waals surface area (Å²) in [6, 6.07) is 10.8. The number of rotatable bonds is 3. The van der Waals surface area contributed by atoms with Gasteiger partial charge in [0.05, 0.1) is 11.1 Å². The van der Waals surface area contributed by atoms with E-state index < -0.39 is 17.7 Å². The lowest BCUT2D eigenvalue weighted by Gasteiger charge is -2.06. The average molecular weight is 350 g/mol. The summed E-state index contributed by atoms with van der Waals surface area (Å²) in [6.07, 6.45) is -4.38. The molecule has 8 heteroatoms. The van der Waals surface area contributed by atoms with Gasteiger partial charge in [-0.25, -0.2) is 4.79 Å². The van der Waals surface area contributed by atoms with E-state index in [0.29, 0.717) is 21.1 Å². The number of halogens is 3. The minimum atomic E-state index is -4.38. The molecule has 0 aliphatic rings. The minimum Gasteiger partial charge on any atom is -0.478 e. The summed E-state index contributed by atoms with van der Waals surface area (Å²) < 4.78 is 37.7. The molecule has 4 nitrogen and oxygen atoms in total. The molecule has 0 aliphatic heterocycles. The quantitative estimate of drug-likeness (QED) is 0.750. The molecule has 1 N–H and O–H groups in total. The molecule has 3 rings (SSSR count). The summed E-state index contributed by atoms with van der Waals surface area (Å²) in [5, 5.41) is 17.9. The van der Waals surface area contributed by atoms with Crippen LogP contribution >= 0.6 is 11.3 Å². The van der Waals surface area contributed by atoms with Crippen molar-refractivity contribution in [2.45, 2.75) is 6.18 Å². The molecule has 0 saturated carbocycles. The molecule has 1 heterocycles. The van der Waals surface area contributed by atoms with Crippen molar-refractivity contribution >= 4 is 17.3 Å². The van der Waals surface area contributed by atoms with Crippen LogP contribution < -0.4 is 0 Å². The molecule has 0 spiro atoms. The van der Waals surface area contributed by atoms with E-state index in [2.05, 4.69) is 10.2 Å². The first-order chi connectivity index (χ1) is 11.3. The van der Waals surface area contributed by atoms with Gasteiger partial charge in [-0.05, 0) is 24.3 Å². The van der Waals surface area contributed by atoms with Gasteiger partial charge in [0.2, 0.25) is 0 Å². The second-order valence-electron chi connectivity index (χ2n) is 4.87. The molecule has 1 aromatic heterocycles. The Morgan fingerprint density at radius 3 is 1.75 bits per heavy atom. The molecule has 24 heavy (non-hydrogen) atoms. The number of carboxylic acid groups (broad SMARTS) is 1. The topological polar surface area (TPSA) is 63.1 Å². The fraction of sp³-hybridized carbons (Fsp3) is 0.0625. The van der Waals surface area contributed by atoms with Crippen LogP contribution in [0.3, 0.4) is 0 Å². The van der Waals surface area contributed by atoms with Crippen LogP contribution in [0.15, 0.2) is 48.5 Å². The lowest BCUT2D eigenvalue weighted by Crippen LogP contribution is -2.03. The third kappa shape index (κ3) is 3.28. The van der Waals surface area contributed by atoms with Crippen molar-refractivity contribution in [3.63, 3.8) is 0 Å². The number of nitrogens with zero attached hydrogens (tertiary/aromatic N) is 2. The van der Waals surface area contributed by atoms with Crippen LogP contribution in [0.2, 0.25) is 0 Å². The fourth-order valence-corrected chi connectivity index (χ4v) is 2.87. The molecule has 0 aliphatic carbocycles. The maximum Gasteiger partial charge on any atom is 0.416 e. The molecule has 0 amide bonds. The SMILES string of the molecule is O=C(O)c1ccc(-c2nnc(-c3ccc(C(F)(F)F)cc3)s2)cc1. The highest BCUT2D eigenvalue weighted by atomic mass is 32.1. The van der Waals surface area contributed by atoms with Crippen molar-refractivity contribution in [2.24, 2.45) is 0 Å². The van der Waals surface area contributed by atoms with E-state index >= 15 is 0 Å². The van der Waals surface area contributed by atoms with Gasteiger partial charge in [-0.3, -0.25) is 0 Å². The van der Waals surface area contributed by atoms with E-state index in [9.17, 15) is 18.0 Å². The standard InChI is InChI=1S/C16H9F3N2O2S/c17-16(18,19)12-7-5-10(6-8-12)14-21-20-13(24-14)9-1-3-11(4-2-9)15(22)23/h1-8H,(H,22,23). The Hall–Kier alpha value is -2.74. The Bertz CT molecular complexity index is 872. The number of benzene rings is 2. The first-order valence-electron chi connectivity index (χ1n) is 6.69. The molecule has 0 fully saturated rings. The molecular weight excluding hydrogens is 341 g/mol. The first kappa shape index (κ1) is 16.1. The van der Waals surface area contributed by atoms with Crippen molar-refractivity contribution in [3.05, 3.63) is 59.7 Å². The van der Waals surface area contributed by atoms with Crippen LogP contribution in [0, 0.1) is 0 Å². The molecule has 2 aromatic carbocycles. The summed E-state index contributed by atoms with van der Waals surface area (Å²) in [6.45, 7) is 0. The zero-order valence-electron chi connectivity index (χ0n) is 11.9. The van der Waals surface area contributed by atoms with Crippen LogP contribution in [0.5, 0.6) is 0 Å². The highest BCUT2D eigenvalue weighted by Crippen LogP contribution is 2.33. The van der Waals surface area contributed by atoms with E-state index in [0.717, 1.165) is 12.1 Å². The zero-order chi connectivity index (χ0) is 17.3. The number of alkyl halides is 3. The maximum atomic E-state index is 12.6. The third-order valence-corrected chi connectivity index (χ3v) is 4.28. The average Bonchev–Trinajstić information content (AvgIpc) is 3.04. The minimum absolute atomic E-state index is 0.159. The van der Waals surface area contributed by atoms with E-state index in [-0.39, 0.29) is 5.56 Å². The molecule has 0 bridgehead atoms. The second-order valence-corrected chi connectivity index (χ2v) is 5.85. The van der Waals surface area contributed by atoms with E-state index in [4.69, 9.17) is 5.11 Å². The molecule has 0 radical (unpaired) electrons. The summed E-state index contributed by atoms with van der Waals surface area (Å²) in [7, 11) is 0. The van der Waals surface area contributed by atoms with Gasteiger partial charge in [-0.2, -0.15) is 13.2 Å². The smallest absolute Gasteiger partial charge is 0.416 e. The summed E-state index contributed by atoms with van der Waals surface area (Å²) in [5.41, 5.74) is 0.663. The number of carbonyl (C=O) groups is 1. The Labute approximate surface area is 138 Å². The first-order valence-corrected chi connectivity index (χ1v) is 7.51. The van der Waals surface area contributed by atoms with Gasteiger partial charge < -0.3 is 5.11 Å². The highest BCUT2D eigenvalue weighted by molar-refractivity contribution is 7.17. The van der Waals surface area contributed by atoms with Crippen molar-refractivity contribution in [2.75, 3.05) is 0 Å². The van der Waals surface area contributed by atoms with E-state index in [1.165, 1.54) is 35.6 Å². The van der Waals surface area contributed by atoms with Gasteiger partial charge >= 0.3 is 12.1 Å². The summed E-state index contributed by atoms with van der Waals surface area (Å²) in [4.78, 5) is 10.8. The third-order valence-electron chi connectivity index (χ3n) is 3.26. The molecule has 0 atom stereocenters. The zero-order valence-corrected chi connectivity index (χ0v) is 12.7. The number of aromatic carboxylic acids is 1. The van der Waals surface area contributed by atoms with Crippen LogP contribution in [0.25, 0.3) is 21.1 Å². The van der Waals surface area contributed by atoms with Crippen LogP contribution in [0.1, 0.15) is 15.9 Å². The maximum absolute atomic E-state index is 12.6. The van der Waals surface area contributed by atoms with Crippen LogP contribution in [0.4, 0.5) is 13.2 Å². The van der Waals surface area contributed by atoms with Gasteiger partial charge in [-0.15, -0.1) is 10.2 Å². The number of hydrogen-bond donors (Lipinski definition) is 1.